The summed E-state index contributed by atoms with van der Waals surface area (Å²) in [4.78, 5) is 15.2. The second kappa shape index (κ2) is 7.23. The fourth-order valence-electron chi connectivity index (χ4n) is 4.00. The SMILES string of the molecule is Cc1c(CNC(=O)c2ccc3c(c2)CCN(C2CCC2)CC3)cnn1C. The van der Waals surface area contributed by atoms with Gasteiger partial charge >= 0.3 is 0 Å². The van der Waals surface area contributed by atoms with Gasteiger partial charge in [-0.15, -0.1) is 0 Å². The quantitative estimate of drug-likeness (QED) is 0.920. The van der Waals surface area contributed by atoms with E-state index in [1.165, 1.54) is 30.4 Å². The molecule has 1 aromatic heterocycles. The molecule has 2 aliphatic rings. The number of aromatic nitrogens is 2. The molecule has 0 radical (unpaired) electrons. The zero-order valence-electron chi connectivity index (χ0n) is 15.8. The Labute approximate surface area is 155 Å². The number of hydrogen-bond acceptors (Lipinski definition) is 3. The van der Waals surface area contributed by atoms with Gasteiger partial charge in [0.2, 0.25) is 0 Å². The van der Waals surface area contributed by atoms with E-state index in [1.54, 1.807) is 0 Å². The third-order valence-corrected chi connectivity index (χ3v) is 6.17. The van der Waals surface area contributed by atoms with Crippen molar-refractivity contribution in [2.45, 2.75) is 51.6 Å². The molecule has 1 saturated carbocycles. The van der Waals surface area contributed by atoms with Crippen molar-refractivity contribution in [1.82, 2.24) is 20.0 Å². The molecular formula is C21H28N4O. The van der Waals surface area contributed by atoms with Gasteiger partial charge in [0.15, 0.2) is 0 Å². The summed E-state index contributed by atoms with van der Waals surface area (Å²) in [6.45, 7) is 4.82. The summed E-state index contributed by atoms with van der Waals surface area (Å²) < 4.78 is 1.83. The highest BCUT2D eigenvalue weighted by Crippen LogP contribution is 2.27. The maximum absolute atomic E-state index is 12.6. The minimum absolute atomic E-state index is 0.00357. The molecule has 0 bridgehead atoms. The average molecular weight is 352 g/mol. The summed E-state index contributed by atoms with van der Waals surface area (Å²) in [6.07, 6.45) is 8.07. The van der Waals surface area contributed by atoms with Crippen molar-refractivity contribution in [2.75, 3.05) is 13.1 Å². The Kier molecular flexibility index (Phi) is 4.81. The Balaban J connectivity index is 1.41. The molecule has 0 atom stereocenters. The van der Waals surface area contributed by atoms with E-state index in [0.717, 1.165) is 48.8 Å². The number of aryl methyl sites for hydroxylation is 1. The van der Waals surface area contributed by atoms with Crippen LogP contribution in [0.15, 0.2) is 24.4 Å². The van der Waals surface area contributed by atoms with E-state index in [1.807, 2.05) is 30.9 Å². The molecule has 1 N–H and O–H groups in total. The van der Waals surface area contributed by atoms with Crippen molar-refractivity contribution in [2.24, 2.45) is 7.05 Å². The first-order valence-electron chi connectivity index (χ1n) is 9.73. The van der Waals surface area contributed by atoms with E-state index < -0.39 is 0 Å². The average Bonchev–Trinajstić information content (AvgIpc) is 2.80. The number of nitrogens with zero attached hydrogens (tertiary/aromatic N) is 3. The first-order chi connectivity index (χ1) is 12.6. The molecule has 1 amide bonds. The highest BCUT2D eigenvalue weighted by Gasteiger charge is 2.26. The summed E-state index contributed by atoms with van der Waals surface area (Å²) in [5.41, 5.74) is 5.67. The van der Waals surface area contributed by atoms with Gasteiger partial charge in [-0.2, -0.15) is 5.10 Å². The van der Waals surface area contributed by atoms with Crippen LogP contribution < -0.4 is 5.32 Å². The molecule has 2 heterocycles. The van der Waals surface area contributed by atoms with E-state index in [4.69, 9.17) is 0 Å². The number of amides is 1. The Morgan fingerprint density at radius 1 is 1.23 bits per heavy atom. The molecule has 138 valence electrons. The van der Waals surface area contributed by atoms with E-state index in [0.29, 0.717) is 6.54 Å². The molecule has 4 rings (SSSR count). The summed E-state index contributed by atoms with van der Waals surface area (Å²) >= 11 is 0. The molecule has 5 nitrogen and oxygen atoms in total. The fourth-order valence-corrected chi connectivity index (χ4v) is 4.00. The van der Waals surface area contributed by atoms with Crippen LogP contribution in [0.4, 0.5) is 0 Å². The Morgan fingerprint density at radius 3 is 2.65 bits per heavy atom. The van der Waals surface area contributed by atoms with Crippen molar-refractivity contribution < 1.29 is 4.79 Å². The molecule has 0 unspecified atom stereocenters. The van der Waals surface area contributed by atoms with Crippen molar-refractivity contribution in [3.63, 3.8) is 0 Å². The van der Waals surface area contributed by atoms with Crippen molar-refractivity contribution in [3.05, 3.63) is 52.3 Å². The summed E-state index contributed by atoms with van der Waals surface area (Å²) in [7, 11) is 1.92. The van der Waals surface area contributed by atoms with Gasteiger partial charge in [0.05, 0.1) is 6.20 Å². The van der Waals surface area contributed by atoms with Crippen molar-refractivity contribution in [3.8, 4) is 0 Å². The van der Waals surface area contributed by atoms with Crippen LogP contribution in [0.1, 0.15) is 52.0 Å². The smallest absolute Gasteiger partial charge is 0.251 e. The van der Waals surface area contributed by atoms with Crippen LogP contribution in [-0.4, -0.2) is 39.7 Å². The summed E-state index contributed by atoms with van der Waals surface area (Å²) in [5, 5.41) is 7.26. The number of nitrogens with one attached hydrogen (secondary N) is 1. The van der Waals surface area contributed by atoms with Crippen LogP contribution in [0.5, 0.6) is 0 Å². The molecule has 1 aliphatic heterocycles. The predicted molar refractivity (Wildman–Crippen MR) is 102 cm³/mol. The van der Waals surface area contributed by atoms with E-state index in [9.17, 15) is 4.79 Å². The lowest BCUT2D eigenvalue weighted by atomic mass is 9.91. The van der Waals surface area contributed by atoms with Crippen LogP contribution in [0.25, 0.3) is 0 Å². The van der Waals surface area contributed by atoms with Crippen molar-refractivity contribution >= 4 is 5.91 Å². The second-order valence-corrected chi connectivity index (χ2v) is 7.67. The van der Waals surface area contributed by atoms with Crippen LogP contribution >= 0.6 is 0 Å². The van der Waals surface area contributed by atoms with Gasteiger partial charge < -0.3 is 5.32 Å². The molecule has 1 aliphatic carbocycles. The minimum Gasteiger partial charge on any atom is -0.348 e. The summed E-state index contributed by atoms with van der Waals surface area (Å²) in [6, 6.07) is 7.04. The van der Waals surface area contributed by atoms with Crippen LogP contribution in [0, 0.1) is 6.92 Å². The first kappa shape index (κ1) is 17.3. The maximum atomic E-state index is 12.6. The van der Waals surface area contributed by atoms with Gasteiger partial charge in [0, 0.05) is 49.5 Å². The zero-order valence-corrected chi connectivity index (χ0v) is 15.8. The normalized spacial score (nSPS) is 18.1. The van der Waals surface area contributed by atoms with E-state index >= 15 is 0 Å². The largest absolute Gasteiger partial charge is 0.348 e. The van der Waals surface area contributed by atoms with Gasteiger partial charge in [-0.05, 0) is 55.9 Å². The first-order valence-corrected chi connectivity index (χ1v) is 9.73. The molecule has 1 aromatic carbocycles. The highest BCUT2D eigenvalue weighted by molar-refractivity contribution is 5.94. The van der Waals surface area contributed by atoms with Gasteiger partial charge in [-0.3, -0.25) is 14.4 Å². The van der Waals surface area contributed by atoms with Gasteiger partial charge in [0.1, 0.15) is 0 Å². The third kappa shape index (κ3) is 3.40. The molecule has 0 saturated heterocycles. The Hall–Kier alpha value is -2.14. The molecule has 2 aromatic rings. The number of benzene rings is 1. The number of rotatable bonds is 4. The van der Waals surface area contributed by atoms with Gasteiger partial charge in [0.25, 0.3) is 5.91 Å². The lowest BCUT2D eigenvalue weighted by molar-refractivity contribution is 0.0950. The fraction of sp³-hybridized carbons (Fsp3) is 0.524. The lowest BCUT2D eigenvalue weighted by Crippen LogP contribution is -2.41. The van der Waals surface area contributed by atoms with Crippen LogP contribution in [0.2, 0.25) is 0 Å². The molecule has 1 fully saturated rings. The van der Waals surface area contributed by atoms with E-state index in [2.05, 4.69) is 27.4 Å². The number of carbonyl (C=O) groups excluding carboxylic acids is 1. The van der Waals surface area contributed by atoms with E-state index in [-0.39, 0.29) is 5.91 Å². The molecule has 26 heavy (non-hydrogen) atoms. The topological polar surface area (TPSA) is 50.2 Å². The van der Waals surface area contributed by atoms with Crippen LogP contribution in [0.3, 0.4) is 0 Å². The van der Waals surface area contributed by atoms with Crippen molar-refractivity contribution in [1.29, 1.82) is 0 Å². The molecule has 5 heteroatoms. The Bertz CT molecular complexity index is 806. The highest BCUT2D eigenvalue weighted by atomic mass is 16.1. The summed E-state index contributed by atoms with van der Waals surface area (Å²) in [5.74, 6) is -0.00357. The van der Waals surface area contributed by atoms with Gasteiger partial charge in [-0.25, -0.2) is 0 Å². The number of fused-ring (bicyclic) bond motifs is 1. The third-order valence-electron chi connectivity index (χ3n) is 6.17. The number of carbonyl (C=O) groups is 1. The van der Waals surface area contributed by atoms with Gasteiger partial charge in [-0.1, -0.05) is 12.5 Å². The monoisotopic (exact) mass is 352 g/mol. The second-order valence-electron chi connectivity index (χ2n) is 7.67. The standard InChI is InChI=1S/C21H28N4O/c1-15-19(14-23-24(15)2)13-22-21(26)18-7-6-16-8-10-25(20-4-3-5-20)11-9-17(16)12-18/h6-7,12,14,20H,3-5,8-11,13H2,1-2H3,(H,22,26). The lowest BCUT2D eigenvalue weighted by Gasteiger charge is -2.36. The maximum Gasteiger partial charge on any atom is 0.251 e. The van der Waals surface area contributed by atoms with Crippen LogP contribution in [-0.2, 0) is 26.4 Å². The Morgan fingerprint density at radius 2 is 2.00 bits per heavy atom. The predicted octanol–water partition coefficient (Wildman–Crippen LogP) is 2.61. The molecule has 0 spiro atoms. The number of hydrogen-bond donors (Lipinski definition) is 1. The zero-order chi connectivity index (χ0) is 18.1. The molecular weight excluding hydrogens is 324 g/mol. The minimum atomic E-state index is -0.00357.